The molecule has 4 nitrogen and oxygen atoms in total. The third-order valence-corrected chi connectivity index (χ3v) is 6.58. The predicted octanol–water partition coefficient (Wildman–Crippen LogP) is 5.34. The number of aromatic nitrogens is 1. The van der Waals surface area contributed by atoms with Crippen LogP contribution in [0.3, 0.4) is 0 Å². The Kier molecular flexibility index (Phi) is 8.48. The molecule has 0 radical (unpaired) electrons. The molecule has 1 aliphatic carbocycles. The number of anilines is 1. The quantitative estimate of drug-likeness (QED) is 0.476. The first-order chi connectivity index (χ1) is 12.5. The third kappa shape index (κ3) is 5.49. The Morgan fingerprint density at radius 1 is 1.19 bits per heavy atom. The second-order valence-electron chi connectivity index (χ2n) is 7.03. The van der Waals surface area contributed by atoms with E-state index in [1.165, 1.54) is 31.0 Å². The molecule has 0 bridgehead atoms. The van der Waals surface area contributed by atoms with Gasteiger partial charge in [-0.05, 0) is 57.1 Å². The number of ketones is 1. The zero-order chi connectivity index (χ0) is 19.1. The molecule has 1 heterocycles. The fourth-order valence-corrected chi connectivity index (χ4v) is 4.91. The van der Waals surface area contributed by atoms with Gasteiger partial charge in [0.15, 0.2) is 0 Å². The molecule has 1 N–H and O–H groups in total. The highest BCUT2D eigenvalue weighted by Crippen LogP contribution is 2.35. The van der Waals surface area contributed by atoms with Crippen LogP contribution >= 0.6 is 23.5 Å². The van der Waals surface area contributed by atoms with Gasteiger partial charge in [0, 0.05) is 16.5 Å². The Labute approximate surface area is 165 Å². The van der Waals surface area contributed by atoms with Crippen molar-refractivity contribution in [3.05, 3.63) is 11.8 Å². The van der Waals surface area contributed by atoms with Crippen LogP contribution in [0.4, 0.5) is 5.69 Å². The number of amides is 1. The number of carbonyl (C=O) groups excluding carboxylic acids is 2. The maximum absolute atomic E-state index is 12.6. The number of nitrogens with zero attached hydrogens (tertiary/aromatic N) is 1. The van der Waals surface area contributed by atoms with Crippen molar-refractivity contribution in [1.82, 2.24) is 4.98 Å². The van der Waals surface area contributed by atoms with Crippen LogP contribution in [0.1, 0.15) is 57.6 Å². The molecule has 1 fully saturated rings. The molecule has 2 rings (SSSR count). The van der Waals surface area contributed by atoms with Gasteiger partial charge in [-0.1, -0.05) is 26.2 Å². The summed E-state index contributed by atoms with van der Waals surface area (Å²) < 4.78 is 0. The molecule has 1 aromatic heterocycles. The third-order valence-electron chi connectivity index (χ3n) is 5.14. The van der Waals surface area contributed by atoms with Gasteiger partial charge < -0.3 is 5.32 Å². The van der Waals surface area contributed by atoms with E-state index in [-0.39, 0.29) is 11.7 Å². The normalized spacial score (nSPS) is 20.0. The summed E-state index contributed by atoms with van der Waals surface area (Å²) in [4.78, 5) is 30.7. The summed E-state index contributed by atoms with van der Waals surface area (Å²) in [6.07, 6.45) is 11.5. The monoisotopic (exact) mass is 394 g/mol. The number of aryl methyl sites for hydroxylation is 1. The maximum Gasteiger partial charge on any atom is 0.292 e. The number of rotatable bonds is 8. The molecule has 1 saturated carbocycles. The minimum Gasteiger partial charge on any atom is -0.316 e. The first kappa shape index (κ1) is 21.3. The number of thioether (sulfide) groups is 2. The first-order valence-electron chi connectivity index (χ1n) is 9.44. The van der Waals surface area contributed by atoms with Crippen molar-refractivity contribution in [3.8, 4) is 0 Å². The van der Waals surface area contributed by atoms with E-state index in [0.29, 0.717) is 5.69 Å². The molecular weight excluding hydrogens is 364 g/mol. The highest BCUT2D eigenvalue weighted by molar-refractivity contribution is 7.99. The molecule has 1 aliphatic rings. The molecule has 1 aromatic rings. The second kappa shape index (κ2) is 10.4. The van der Waals surface area contributed by atoms with Gasteiger partial charge in [0.2, 0.25) is 5.78 Å². The molecule has 0 saturated heterocycles. The average Bonchev–Trinajstić information content (AvgIpc) is 2.66. The lowest BCUT2D eigenvalue weighted by Gasteiger charge is -2.27. The smallest absolute Gasteiger partial charge is 0.292 e. The molecule has 26 heavy (non-hydrogen) atoms. The van der Waals surface area contributed by atoms with Crippen molar-refractivity contribution in [2.45, 2.75) is 68.7 Å². The van der Waals surface area contributed by atoms with Crippen LogP contribution in [-0.4, -0.2) is 29.2 Å². The van der Waals surface area contributed by atoms with Crippen molar-refractivity contribution >= 4 is 40.9 Å². The van der Waals surface area contributed by atoms with Crippen LogP contribution in [0, 0.1) is 18.8 Å². The summed E-state index contributed by atoms with van der Waals surface area (Å²) in [5.41, 5.74) is 1.58. The lowest BCUT2D eigenvalue weighted by Crippen LogP contribution is -2.32. The highest BCUT2D eigenvalue weighted by Gasteiger charge is 2.30. The maximum atomic E-state index is 12.6. The van der Waals surface area contributed by atoms with Crippen molar-refractivity contribution < 1.29 is 9.59 Å². The minimum atomic E-state index is -0.488. The Bertz CT molecular complexity index is 616. The Balaban J connectivity index is 2.01. The second-order valence-corrected chi connectivity index (χ2v) is 8.67. The fraction of sp³-hybridized carbons (Fsp3) is 0.650. The van der Waals surface area contributed by atoms with Gasteiger partial charge in [-0.2, -0.15) is 0 Å². The summed E-state index contributed by atoms with van der Waals surface area (Å²) in [6.45, 7) is 4.15. The van der Waals surface area contributed by atoms with Crippen LogP contribution in [-0.2, 0) is 9.59 Å². The topological polar surface area (TPSA) is 59.1 Å². The van der Waals surface area contributed by atoms with E-state index in [1.54, 1.807) is 11.8 Å². The van der Waals surface area contributed by atoms with Gasteiger partial charge in [0.25, 0.3) is 5.91 Å². The lowest BCUT2D eigenvalue weighted by atomic mass is 9.78. The van der Waals surface area contributed by atoms with Crippen LogP contribution < -0.4 is 5.32 Å². The van der Waals surface area contributed by atoms with Crippen LogP contribution in [0.5, 0.6) is 0 Å². The molecule has 0 spiro atoms. The van der Waals surface area contributed by atoms with E-state index < -0.39 is 5.91 Å². The van der Waals surface area contributed by atoms with Gasteiger partial charge in [-0.3, -0.25) is 9.59 Å². The van der Waals surface area contributed by atoms with Crippen LogP contribution in [0.25, 0.3) is 0 Å². The summed E-state index contributed by atoms with van der Waals surface area (Å²) in [6, 6.07) is 1.95. The molecule has 0 aliphatic heterocycles. The Morgan fingerprint density at radius 2 is 1.88 bits per heavy atom. The van der Waals surface area contributed by atoms with Gasteiger partial charge in [0.05, 0.1) is 5.69 Å². The molecule has 0 aromatic carbocycles. The summed E-state index contributed by atoms with van der Waals surface area (Å²) in [5, 5.41) is 3.62. The lowest BCUT2D eigenvalue weighted by molar-refractivity contribution is -0.138. The molecule has 144 valence electrons. The summed E-state index contributed by atoms with van der Waals surface area (Å²) >= 11 is 3.04. The summed E-state index contributed by atoms with van der Waals surface area (Å²) in [7, 11) is 0. The minimum absolute atomic E-state index is 0.123. The SMILES string of the molecule is CCCCC1CCC(C(=O)C(=O)Nc2c(SC)cc(C)nc2SC)CC1. The van der Waals surface area contributed by atoms with E-state index in [9.17, 15) is 9.59 Å². The Morgan fingerprint density at radius 3 is 2.46 bits per heavy atom. The van der Waals surface area contributed by atoms with Crippen molar-refractivity contribution in [3.63, 3.8) is 0 Å². The van der Waals surface area contributed by atoms with Crippen molar-refractivity contribution in [1.29, 1.82) is 0 Å². The number of pyridine rings is 1. The molecule has 0 atom stereocenters. The van der Waals surface area contributed by atoms with Crippen molar-refractivity contribution in [2.75, 3.05) is 17.8 Å². The molecule has 0 unspecified atom stereocenters. The number of carbonyl (C=O) groups is 2. The van der Waals surface area contributed by atoms with Crippen LogP contribution in [0.15, 0.2) is 16.0 Å². The number of hydrogen-bond donors (Lipinski definition) is 1. The van der Waals surface area contributed by atoms with E-state index in [0.717, 1.165) is 47.2 Å². The first-order valence-corrected chi connectivity index (χ1v) is 11.9. The summed E-state index contributed by atoms with van der Waals surface area (Å²) in [5.74, 6) is -0.145. The van der Waals surface area contributed by atoms with Gasteiger partial charge in [0.1, 0.15) is 5.03 Å². The largest absolute Gasteiger partial charge is 0.316 e. The van der Waals surface area contributed by atoms with E-state index >= 15 is 0 Å². The van der Waals surface area contributed by atoms with E-state index in [1.807, 2.05) is 25.5 Å². The number of nitrogens with one attached hydrogen (secondary N) is 1. The van der Waals surface area contributed by atoms with Gasteiger partial charge >= 0.3 is 0 Å². The van der Waals surface area contributed by atoms with Crippen molar-refractivity contribution in [2.24, 2.45) is 11.8 Å². The average molecular weight is 395 g/mol. The highest BCUT2D eigenvalue weighted by atomic mass is 32.2. The van der Waals surface area contributed by atoms with E-state index in [4.69, 9.17) is 0 Å². The molecular formula is C20H30N2O2S2. The number of hydrogen-bond acceptors (Lipinski definition) is 5. The fourth-order valence-electron chi connectivity index (χ4n) is 3.61. The zero-order valence-electron chi connectivity index (χ0n) is 16.3. The van der Waals surface area contributed by atoms with Gasteiger partial charge in [-0.15, -0.1) is 23.5 Å². The molecule has 6 heteroatoms. The van der Waals surface area contributed by atoms with E-state index in [2.05, 4.69) is 17.2 Å². The standard InChI is InChI=1S/C20H30N2O2S2/c1-5-6-7-14-8-10-15(11-9-14)18(23)19(24)22-17-16(25-3)12-13(2)21-20(17)26-4/h12,14-15H,5-11H2,1-4H3,(H,22,24). The van der Waals surface area contributed by atoms with Gasteiger partial charge in [-0.25, -0.2) is 4.98 Å². The van der Waals surface area contributed by atoms with Crippen LogP contribution in [0.2, 0.25) is 0 Å². The molecule has 1 amide bonds. The zero-order valence-corrected chi connectivity index (χ0v) is 17.9. The predicted molar refractivity (Wildman–Crippen MR) is 111 cm³/mol. The number of Topliss-reactive ketones (excluding diaryl/α,β-unsaturated/α-hetero) is 1. The Hall–Kier alpha value is -1.01. The number of unbranched alkanes of at least 4 members (excludes halogenated alkanes) is 1.